The summed E-state index contributed by atoms with van der Waals surface area (Å²) in [6.45, 7) is 0. The van der Waals surface area contributed by atoms with E-state index in [4.69, 9.17) is 9.47 Å². The number of benzene rings is 2. The fourth-order valence-corrected chi connectivity index (χ4v) is 4.01. The fourth-order valence-electron chi connectivity index (χ4n) is 3.01. The summed E-state index contributed by atoms with van der Waals surface area (Å²) in [5, 5.41) is 4.03. The molecule has 0 unspecified atom stereocenters. The van der Waals surface area contributed by atoms with Crippen LogP contribution in [0.5, 0.6) is 0 Å². The second-order valence-electron chi connectivity index (χ2n) is 6.32. The van der Waals surface area contributed by atoms with Gasteiger partial charge in [-0.3, -0.25) is 0 Å². The molecule has 0 radical (unpaired) electrons. The van der Waals surface area contributed by atoms with Gasteiger partial charge >= 0.3 is 11.9 Å². The van der Waals surface area contributed by atoms with E-state index in [1.54, 1.807) is 23.5 Å². The summed E-state index contributed by atoms with van der Waals surface area (Å²) >= 11 is 1.56. The Morgan fingerprint density at radius 2 is 1.57 bits per heavy atom. The van der Waals surface area contributed by atoms with Crippen LogP contribution in [0.2, 0.25) is 0 Å². The van der Waals surface area contributed by atoms with Gasteiger partial charge in [0.15, 0.2) is 0 Å². The summed E-state index contributed by atoms with van der Waals surface area (Å²) < 4.78 is 9.58. The molecule has 0 saturated carbocycles. The van der Waals surface area contributed by atoms with Crippen LogP contribution in [0, 0.1) is 0 Å². The largest absolute Gasteiger partial charge is 0.465 e. The second kappa shape index (κ2) is 8.30. The number of carbonyl (C=O) groups excluding carboxylic acids is 2. The first-order valence-corrected chi connectivity index (χ1v) is 9.79. The van der Waals surface area contributed by atoms with Crippen molar-refractivity contribution in [1.82, 2.24) is 9.97 Å². The van der Waals surface area contributed by atoms with Gasteiger partial charge < -0.3 is 14.8 Å². The molecule has 0 aliphatic heterocycles. The summed E-state index contributed by atoms with van der Waals surface area (Å²) in [5.74, 6) is -0.548. The fraction of sp³-hybridized carbons (Fsp3) is 0.0909. The van der Waals surface area contributed by atoms with Crippen LogP contribution in [-0.4, -0.2) is 36.1 Å². The number of hydrogen-bond acceptors (Lipinski definition) is 8. The van der Waals surface area contributed by atoms with Crippen molar-refractivity contribution in [3.63, 3.8) is 0 Å². The van der Waals surface area contributed by atoms with Gasteiger partial charge in [0, 0.05) is 10.6 Å². The quantitative estimate of drug-likeness (QED) is 0.470. The summed E-state index contributed by atoms with van der Waals surface area (Å²) in [7, 11) is 2.56. The molecule has 0 fully saturated rings. The average Bonchev–Trinajstić information content (AvgIpc) is 3.24. The van der Waals surface area contributed by atoms with Gasteiger partial charge in [-0.15, -0.1) is 11.3 Å². The smallest absolute Gasteiger partial charge is 0.337 e. The molecule has 8 heteroatoms. The van der Waals surface area contributed by atoms with E-state index in [-0.39, 0.29) is 11.1 Å². The maximum Gasteiger partial charge on any atom is 0.337 e. The minimum atomic E-state index is -0.557. The first-order chi connectivity index (χ1) is 14.6. The van der Waals surface area contributed by atoms with Crippen LogP contribution in [0.15, 0.2) is 60.9 Å². The molecule has 0 saturated heterocycles. The Morgan fingerprint density at radius 3 is 2.20 bits per heavy atom. The standard InChI is InChI=1S/C22H17N3O4S/c1-28-21(26)14-8-15(22(27)29-2)10-16(9-14)25-19-17-11-18(13-6-4-3-5-7-13)30-20(17)24-12-23-19/h3-12H,1-2H3,(H,23,24,25). The van der Waals surface area contributed by atoms with Crippen molar-refractivity contribution in [1.29, 1.82) is 0 Å². The third-order valence-corrected chi connectivity index (χ3v) is 5.52. The third-order valence-electron chi connectivity index (χ3n) is 4.43. The van der Waals surface area contributed by atoms with Crippen LogP contribution >= 0.6 is 11.3 Å². The number of methoxy groups -OCH3 is 2. The Morgan fingerprint density at radius 1 is 0.900 bits per heavy atom. The highest BCUT2D eigenvalue weighted by Gasteiger charge is 2.16. The molecule has 2 aromatic heterocycles. The predicted molar refractivity (Wildman–Crippen MR) is 115 cm³/mol. The van der Waals surface area contributed by atoms with Crippen LogP contribution in [0.25, 0.3) is 20.7 Å². The van der Waals surface area contributed by atoms with Crippen molar-refractivity contribution in [2.75, 3.05) is 19.5 Å². The Kier molecular flexibility index (Phi) is 5.40. The van der Waals surface area contributed by atoms with Crippen molar-refractivity contribution in [3.05, 3.63) is 72.1 Å². The highest BCUT2D eigenvalue weighted by atomic mass is 32.1. The zero-order valence-electron chi connectivity index (χ0n) is 16.2. The van der Waals surface area contributed by atoms with E-state index in [0.717, 1.165) is 20.7 Å². The molecular formula is C22H17N3O4S. The number of rotatable bonds is 5. The van der Waals surface area contributed by atoms with E-state index < -0.39 is 11.9 Å². The molecule has 0 aliphatic carbocycles. The van der Waals surface area contributed by atoms with Gasteiger partial charge in [-0.1, -0.05) is 30.3 Å². The Bertz CT molecular complexity index is 1200. The second-order valence-corrected chi connectivity index (χ2v) is 7.36. The van der Waals surface area contributed by atoms with E-state index in [0.29, 0.717) is 11.5 Å². The van der Waals surface area contributed by atoms with E-state index in [1.807, 2.05) is 36.4 Å². The number of esters is 2. The lowest BCUT2D eigenvalue weighted by Gasteiger charge is -2.10. The Balaban J connectivity index is 1.76. The van der Waals surface area contributed by atoms with Crippen LogP contribution in [0.3, 0.4) is 0 Å². The van der Waals surface area contributed by atoms with Gasteiger partial charge in [0.2, 0.25) is 0 Å². The first-order valence-electron chi connectivity index (χ1n) is 8.97. The number of anilines is 2. The Hall–Kier alpha value is -3.78. The minimum Gasteiger partial charge on any atom is -0.465 e. The first kappa shape index (κ1) is 19.5. The molecule has 0 aliphatic rings. The predicted octanol–water partition coefficient (Wildman–Crippen LogP) is 4.68. The molecule has 4 aromatic rings. The summed E-state index contributed by atoms with van der Waals surface area (Å²) in [6, 6.07) is 16.6. The van der Waals surface area contributed by atoms with Gasteiger partial charge in [-0.05, 0) is 29.8 Å². The molecule has 0 bridgehead atoms. The number of nitrogens with one attached hydrogen (secondary N) is 1. The molecule has 0 atom stereocenters. The lowest BCUT2D eigenvalue weighted by atomic mass is 10.1. The van der Waals surface area contributed by atoms with E-state index in [2.05, 4.69) is 15.3 Å². The highest BCUT2D eigenvalue weighted by molar-refractivity contribution is 7.21. The molecule has 2 heterocycles. The third kappa shape index (κ3) is 3.85. The minimum absolute atomic E-state index is 0.225. The molecule has 7 nitrogen and oxygen atoms in total. The van der Waals surface area contributed by atoms with Gasteiger partial charge in [0.25, 0.3) is 0 Å². The molecule has 4 rings (SSSR count). The summed E-state index contributed by atoms with van der Waals surface area (Å²) in [4.78, 5) is 34.7. The zero-order chi connectivity index (χ0) is 21.1. The number of hydrogen-bond donors (Lipinski definition) is 1. The Labute approximate surface area is 176 Å². The van der Waals surface area contributed by atoms with E-state index in [1.165, 1.54) is 26.6 Å². The van der Waals surface area contributed by atoms with Crippen molar-refractivity contribution < 1.29 is 19.1 Å². The van der Waals surface area contributed by atoms with E-state index >= 15 is 0 Å². The lowest BCUT2D eigenvalue weighted by Crippen LogP contribution is -2.08. The maximum atomic E-state index is 12.0. The van der Waals surface area contributed by atoms with Crippen LogP contribution in [0.1, 0.15) is 20.7 Å². The molecular weight excluding hydrogens is 402 g/mol. The summed E-state index contributed by atoms with van der Waals surface area (Å²) in [5.41, 5.74) is 2.05. The van der Waals surface area contributed by atoms with Crippen LogP contribution < -0.4 is 5.32 Å². The van der Waals surface area contributed by atoms with Crippen LogP contribution in [0.4, 0.5) is 11.5 Å². The SMILES string of the molecule is COC(=O)c1cc(Nc2ncnc3sc(-c4ccccc4)cc23)cc(C(=O)OC)c1. The van der Waals surface area contributed by atoms with Crippen molar-refractivity contribution in [2.45, 2.75) is 0 Å². The van der Waals surface area contributed by atoms with Crippen LogP contribution in [-0.2, 0) is 9.47 Å². The molecule has 150 valence electrons. The molecule has 1 N–H and O–H groups in total. The number of aromatic nitrogens is 2. The normalized spacial score (nSPS) is 10.6. The van der Waals surface area contributed by atoms with Gasteiger partial charge in [0.1, 0.15) is 17.0 Å². The molecule has 0 amide bonds. The van der Waals surface area contributed by atoms with Gasteiger partial charge in [-0.2, -0.15) is 0 Å². The number of nitrogens with zero attached hydrogens (tertiary/aromatic N) is 2. The topological polar surface area (TPSA) is 90.4 Å². The number of ether oxygens (including phenoxy) is 2. The lowest BCUT2D eigenvalue weighted by molar-refractivity contribution is 0.0599. The maximum absolute atomic E-state index is 12.0. The molecule has 2 aromatic carbocycles. The van der Waals surface area contributed by atoms with Gasteiger partial charge in [0.05, 0.1) is 30.7 Å². The number of carbonyl (C=O) groups is 2. The average molecular weight is 419 g/mol. The van der Waals surface area contributed by atoms with Crippen molar-refractivity contribution in [3.8, 4) is 10.4 Å². The molecule has 30 heavy (non-hydrogen) atoms. The zero-order valence-corrected chi connectivity index (χ0v) is 17.0. The summed E-state index contributed by atoms with van der Waals surface area (Å²) in [6.07, 6.45) is 1.47. The van der Waals surface area contributed by atoms with Crippen molar-refractivity contribution in [2.24, 2.45) is 0 Å². The van der Waals surface area contributed by atoms with Crippen molar-refractivity contribution >= 4 is 45.0 Å². The number of thiophene rings is 1. The molecule has 0 spiro atoms. The highest BCUT2D eigenvalue weighted by Crippen LogP contribution is 2.35. The van der Waals surface area contributed by atoms with E-state index in [9.17, 15) is 9.59 Å². The number of fused-ring (bicyclic) bond motifs is 1. The van der Waals surface area contributed by atoms with Gasteiger partial charge in [-0.25, -0.2) is 19.6 Å². The monoisotopic (exact) mass is 419 g/mol.